The molecule has 0 bridgehead atoms. The first kappa shape index (κ1) is 15.0. The van der Waals surface area contributed by atoms with Crippen molar-refractivity contribution < 1.29 is 4.52 Å². The van der Waals surface area contributed by atoms with Crippen LogP contribution in [0.4, 0.5) is 5.95 Å². The molecule has 0 unspecified atom stereocenters. The SMILES string of the molecule is Nc1nc2ccc(-c3nc(-c4ccc(Br)c5cccnc45)no3)cc2[nH]1. The number of fused-ring (bicyclic) bond motifs is 2. The van der Waals surface area contributed by atoms with Crippen molar-refractivity contribution in [3.63, 3.8) is 0 Å². The van der Waals surface area contributed by atoms with Crippen LogP contribution in [0.25, 0.3) is 44.8 Å². The van der Waals surface area contributed by atoms with E-state index in [9.17, 15) is 0 Å². The molecule has 0 aliphatic heterocycles. The van der Waals surface area contributed by atoms with Crippen LogP contribution >= 0.6 is 15.9 Å². The molecule has 3 aromatic heterocycles. The fourth-order valence-electron chi connectivity index (χ4n) is 2.93. The van der Waals surface area contributed by atoms with Gasteiger partial charge in [0.15, 0.2) is 5.95 Å². The van der Waals surface area contributed by atoms with Crippen molar-refractivity contribution >= 4 is 43.8 Å². The maximum absolute atomic E-state index is 5.70. The highest BCUT2D eigenvalue weighted by Gasteiger charge is 2.15. The minimum absolute atomic E-state index is 0.371. The summed E-state index contributed by atoms with van der Waals surface area (Å²) in [5.41, 5.74) is 9.71. The number of aromatic nitrogens is 5. The smallest absolute Gasteiger partial charge is 0.258 e. The maximum atomic E-state index is 5.70. The third-order valence-corrected chi connectivity index (χ3v) is 4.82. The van der Waals surface area contributed by atoms with Gasteiger partial charge in [-0.2, -0.15) is 4.98 Å². The van der Waals surface area contributed by atoms with E-state index in [0.717, 1.165) is 37.5 Å². The molecule has 0 saturated carbocycles. The van der Waals surface area contributed by atoms with Crippen LogP contribution < -0.4 is 5.73 Å². The van der Waals surface area contributed by atoms with Crippen molar-refractivity contribution in [2.24, 2.45) is 0 Å². The Balaban J connectivity index is 1.63. The van der Waals surface area contributed by atoms with E-state index in [1.807, 2.05) is 42.5 Å². The fraction of sp³-hybridized carbons (Fsp3) is 0. The molecule has 3 N–H and O–H groups in total. The van der Waals surface area contributed by atoms with Gasteiger partial charge in [-0.25, -0.2) is 4.98 Å². The third-order valence-electron chi connectivity index (χ3n) is 4.13. The van der Waals surface area contributed by atoms with Crippen molar-refractivity contribution in [3.8, 4) is 22.8 Å². The lowest BCUT2D eigenvalue weighted by Crippen LogP contribution is -1.87. The molecule has 26 heavy (non-hydrogen) atoms. The van der Waals surface area contributed by atoms with Gasteiger partial charge in [0.1, 0.15) is 0 Å². The van der Waals surface area contributed by atoms with E-state index in [-0.39, 0.29) is 0 Å². The summed E-state index contributed by atoms with van der Waals surface area (Å²) < 4.78 is 6.44. The predicted octanol–water partition coefficient (Wildman–Crippen LogP) is 4.17. The van der Waals surface area contributed by atoms with Crippen LogP contribution in [0.1, 0.15) is 0 Å². The number of benzene rings is 2. The Kier molecular flexibility index (Phi) is 3.26. The van der Waals surface area contributed by atoms with Gasteiger partial charge in [0.25, 0.3) is 5.89 Å². The lowest BCUT2D eigenvalue weighted by atomic mass is 10.1. The van der Waals surface area contributed by atoms with Crippen LogP contribution in [0.2, 0.25) is 0 Å². The normalized spacial score (nSPS) is 11.4. The number of nitrogen functional groups attached to an aromatic ring is 1. The largest absolute Gasteiger partial charge is 0.369 e. The minimum Gasteiger partial charge on any atom is -0.369 e. The van der Waals surface area contributed by atoms with Gasteiger partial charge in [-0.1, -0.05) is 27.2 Å². The zero-order valence-electron chi connectivity index (χ0n) is 13.3. The average Bonchev–Trinajstić information content (AvgIpc) is 3.27. The number of nitrogens with one attached hydrogen (secondary N) is 1. The zero-order valence-corrected chi connectivity index (χ0v) is 14.9. The number of nitrogens with two attached hydrogens (primary N) is 1. The van der Waals surface area contributed by atoms with Gasteiger partial charge < -0.3 is 15.2 Å². The first-order valence-electron chi connectivity index (χ1n) is 7.82. The molecule has 3 heterocycles. The summed E-state index contributed by atoms with van der Waals surface area (Å²) in [5, 5.41) is 5.13. The molecule has 0 amide bonds. The van der Waals surface area contributed by atoms with Crippen molar-refractivity contribution in [1.29, 1.82) is 0 Å². The lowest BCUT2D eigenvalue weighted by molar-refractivity contribution is 0.432. The molecule has 5 aromatic rings. The molecule has 0 atom stereocenters. The van der Waals surface area contributed by atoms with Crippen LogP contribution in [-0.2, 0) is 0 Å². The van der Waals surface area contributed by atoms with Crippen LogP contribution in [0.15, 0.2) is 57.7 Å². The number of nitrogens with zero attached hydrogens (tertiary/aromatic N) is 4. The fourth-order valence-corrected chi connectivity index (χ4v) is 3.38. The molecule has 8 heteroatoms. The number of halogens is 1. The summed E-state index contributed by atoms with van der Waals surface area (Å²) >= 11 is 3.55. The summed E-state index contributed by atoms with van der Waals surface area (Å²) in [4.78, 5) is 16.2. The second-order valence-electron chi connectivity index (χ2n) is 5.77. The number of rotatable bonds is 2. The number of imidazole rings is 1. The Morgan fingerprint density at radius 3 is 2.92 bits per heavy atom. The second kappa shape index (κ2) is 5.63. The highest BCUT2D eigenvalue weighted by atomic mass is 79.9. The summed E-state index contributed by atoms with van der Waals surface area (Å²) in [7, 11) is 0. The number of anilines is 1. The van der Waals surface area contributed by atoms with Gasteiger partial charge in [0, 0.05) is 27.2 Å². The number of H-pyrrole nitrogens is 1. The van der Waals surface area contributed by atoms with E-state index in [0.29, 0.717) is 17.7 Å². The number of pyridine rings is 1. The molecule has 126 valence electrons. The van der Waals surface area contributed by atoms with E-state index in [4.69, 9.17) is 10.3 Å². The third kappa shape index (κ3) is 2.34. The Morgan fingerprint density at radius 1 is 1.08 bits per heavy atom. The maximum Gasteiger partial charge on any atom is 0.258 e. The molecule has 0 aliphatic rings. The standard InChI is InChI=1S/C18H11BrN6O/c19-12-5-4-11(15-10(12)2-1-7-21-15)16-24-17(26-25-16)9-3-6-13-14(8-9)23-18(20)22-13/h1-8H,(H3,20,22,23). The number of aromatic amines is 1. The Morgan fingerprint density at radius 2 is 2.00 bits per heavy atom. The highest BCUT2D eigenvalue weighted by Crippen LogP contribution is 2.32. The summed E-state index contributed by atoms with van der Waals surface area (Å²) in [6, 6.07) is 13.4. The number of hydrogen-bond acceptors (Lipinski definition) is 6. The van der Waals surface area contributed by atoms with Crippen molar-refractivity contribution in [2.45, 2.75) is 0 Å². The molecule has 0 fully saturated rings. The highest BCUT2D eigenvalue weighted by molar-refractivity contribution is 9.10. The van der Waals surface area contributed by atoms with Crippen molar-refractivity contribution in [2.75, 3.05) is 5.73 Å². The van der Waals surface area contributed by atoms with E-state index < -0.39 is 0 Å². The molecule has 0 spiro atoms. The van der Waals surface area contributed by atoms with E-state index >= 15 is 0 Å². The molecule has 0 radical (unpaired) electrons. The Hall–Kier alpha value is -3.26. The summed E-state index contributed by atoms with van der Waals surface area (Å²) in [6.45, 7) is 0. The minimum atomic E-state index is 0.371. The zero-order chi connectivity index (χ0) is 17.7. The number of hydrogen-bond donors (Lipinski definition) is 2. The molecular weight excluding hydrogens is 396 g/mol. The van der Waals surface area contributed by atoms with Crippen LogP contribution in [0.5, 0.6) is 0 Å². The average molecular weight is 407 g/mol. The first-order chi connectivity index (χ1) is 12.7. The van der Waals surface area contributed by atoms with Gasteiger partial charge in [0.05, 0.1) is 16.6 Å². The van der Waals surface area contributed by atoms with E-state index in [1.54, 1.807) is 6.20 Å². The van der Waals surface area contributed by atoms with Gasteiger partial charge in [-0.3, -0.25) is 4.98 Å². The molecule has 0 aliphatic carbocycles. The Labute approximate surface area is 155 Å². The molecule has 0 saturated heterocycles. The second-order valence-corrected chi connectivity index (χ2v) is 6.63. The van der Waals surface area contributed by atoms with Gasteiger partial charge in [-0.05, 0) is 36.4 Å². The van der Waals surface area contributed by atoms with Crippen molar-refractivity contribution in [3.05, 3.63) is 53.1 Å². The van der Waals surface area contributed by atoms with Gasteiger partial charge >= 0.3 is 0 Å². The molecule has 5 rings (SSSR count). The summed E-state index contributed by atoms with van der Waals surface area (Å²) in [5.74, 6) is 1.28. The van der Waals surface area contributed by atoms with E-state index in [2.05, 4.69) is 41.0 Å². The van der Waals surface area contributed by atoms with Crippen LogP contribution in [0, 0.1) is 0 Å². The van der Waals surface area contributed by atoms with Crippen LogP contribution in [0.3, 0.4) is 0 Å². The quantitative estimate of drug-likeness (QED) is 0.455. The summed E-state index contributed by atoms with van der Waals surface area (Å²) in [6.07, 6.45) is 1.75. The Bertz CT molecular complexity index is 1280. The molecular formula is C18H11BrN6O. The monoisotopic (exact) mass is 406 g/mol. The first-order valence-corrected chi connectivity index (χ1v) is 8.61. The lowest BCUT2D eigenvalue weighted by Gasteiger charge is -2.03. The van der Waals surface area contributed by atoms with Gasteiger partial charge in [-0.15, -0.1) is 0 Å². The predicted molar refractivity (Wildman–Crippen MR) is 102 cm³/mol. The van der Waals surface area contributed by atoms with Gasteiger partial charge in [0.2, 0.25) is 5.82 Å². The van der Waals surface area contributed by atoms with Crippen LogP contribution in [-0.4, -0.2) is 25.1 Å². The molecule has 7 nitrogen and oxygen atoms in total. The molecule has 2 aromatic carbocycles. The topological polar surface area (TPSA) is 107 Å². The van der Waals surface area contributed by atoms with Crippen molar-refractivity contribution in [1.82, 2.24) is 25.1 Å². The van der Waals surface area contributed by atoms with E-state index in [1.165, 1.54) is 0 Å².